The van der Waals surface area contributed by atoms with Crippen LogP contribution >= 0.6 is 0 Å². The van der Waals surface area contributed by atoms with Crippen LogP contribution in [0.3, 0.4) is 0 Å². The monoisotopic (exact) mass is 409 g/mol. The summed E-state index contributed by atoms with van der Waals surface area (Å²) in [4.78, 5) is 18.6. The number of ether oxygens (including phenoxy) is 2. The fourth-order valence-corrected chi connectivity index (χ4v) is 4.08. The summed E-state index contributed by atoms with van der Waals surface area (Å²) in [6.45, 7) is 7.53. The summed E-state index contributed by atoms with van der Waals surface area (Å²) in [6.07, 6.45) is 3.87. The Bertz CT molecular complexity index is 1000. The number of nitrogens with zero attached hydrogens (tertiary/aromatic N) is 3. The molecule has 160 valence electrons. The zero-order chi connectivity index (χ0) is 22.1. The van der Waals surface area contributed by atoms with E-state index in [2.05, 4.69) is 12.1 Å². The third-order valence-electron chi connectivity index (χ3n) is 5.61. The van der Waals surface area contributed by atoms with Crippen molar-refractivity contribution in [2.75, 3.05) is 20.7 Å². The van der Waals surface area contributed by atoms with Crippen molar-refractivity contribution in [1.29, 1.82) is 5.26 Å². The van der Waals surface area contributed by atoms with Crippen LogP contribution in [0.15, 0.2) is 18.2 Å². The van der Waals surface area contributed by atoms with Gasteiger partial charge in [-0.3, -0.25) is 0 Å². The highest BCUT2D eigenvalue weighted by Crippen LogP contribution is 2.36. The molecule has 0 saturated heterocycles. The summed E-state index contributed by atoms with van der Waals surface area (Å²) in [5, 5.41) is 11.1. The second-order valence-electron chi connectivity index (χ2n) is 9.30. The predicted molar refractivity (Wildman–Crippen MR) is 117 cm³/mol. The Hall–Kier alpha value is -2.81. The van der Waals surface area contributed by atoms with Crippen LogP contribution in [0.1, 0.15) is 57.2 Å². The minimum Gasteiger partial charge on any atom is -0.481 e. The fraction of sp³-hybridized carbons (Fsp3) is 0.542. The Morgan fingerprint density at radius 1 is 1.20 bits per heavy atom. The minimum atomic E-state index is -0.898. The molecule has 0 spiro atoms. The number of carbonyl (C=O) groups excluding carboxylic acids is 1. The zero-order valence-corrected chi connectivity index (χ0v) is 18.8. The van der Waals surface area contributed by atoms with Crippen LogP contribution in [0.4, 0.5) is 4.79 Å². The predicted octanol–water partition coefficient (Wildman–Crippen LogP) is 4.77. The number of fused-ring (bicyclic) bond motifs is 3. The third kappa shape index (κ3) is 4.35. The van der Waals surface area contributed by atoms with Crippen LogP contribution in [-0.4, -0.2) is 42.3 Å². The highest BCUT2D eigenvalue weighted by atomic mass is 16.6. The zero-order valence-electron chi connectivity index (χ0n) is 18.8. The second-order valence-corrected chi connectivity index (χ2v) is 9.30. The molecule has 1 heterocycles. The van der Waals surface area contributed by atoms with Gasteiger partial charge in [-0.05, 0) is 70.6 Å². The third-order valence-corrected chi connectivity index (χ3v) is 5.61. The summed E-state index contributed by atoms with van der Waals surface area (Å²) in [7, 11) is 3.31. The van der Waals surface area contributed by atoms with Gasteiger partial charge in [0.2, 0.25) is 5.88 Å². The standard InChI is InChI=1S/C24H31N3O3/c1-23(2,3)30-22(28)27(5)15-24(4,14-25)16-11-12-18-17-9-7-8-10-19(17)21(29-6)26-20(18)13-16/h11-13H,7-10,15H2,1-6H3. The molecule has 1 aromatic carbocycles. The van der Waals surface area contributed by atoms with Crippen LogP contribution in [-0.2, 0) is 23.0 Å². The number of aromatic nitrogens is 1. The van der Waals surface area contributed by atoms with E-state index in [0.29, 0.717) is 5.88 Å². The maximum absolute atomic E-state index is 12.4. The van der Waals surface area contributed by atoms with Gasteiger partial charge < -0.3 is 14.4 Å². The lowest BCUT2D eigenvalue weighted by atomic mass is 9.82. The maximum Gasteiger partial charge on any atom is 0.410 e. The van der Waals surface area contributed by atoms with Crippen molar-refractivity contribution in [1.82, 2.24) is 9.88 Å². The van der Waals surface area contributed by atoms with E-state index in [1.54, 1.807) is 14.2 Å². The molecule has 0 fully saturated rings. The number of aryl methyl sites for hydroxylation is 1. The van der Waals surface area contributed by atoms with Gasteiger partial charge in [-0.1, -0.05) is 12.1 Å². The van der Waals surface area contributed by atoms with Crippen LogP contribution in [0.5, 0.6) is 5.88 Å². The number of pyridine rings is 1. The molecule has 0 aliphatic heterocycles. The number of hydrogen-bond acceptors (Lipinski definition) is 5. The van der Waals surface area contributed by atoms with Crippen molar-refractivity contribution >= 4 is 17.0 Å². The van der Waals surface area contributed by atoms with Crippen LogP contribution in [0, 0.1) is 11.3 Å². The number of hydrogen-bond donors (Lipinski definition) is 0. The molecule has 2 aromatic rings. The van der Waals surface area contributed by atoms with Gasteiger partial charge in [0.1, 0.15) is 5.60 Å². The largest absolute Gasteiger partial charge is 0.481 e. The number of benzene rings is 1. The smallest absolute Gasteiger partial charge is 0.410 e. The summed E-state index contributed by atoms with van der Waals surface area (Å²) in [5.41, 5.74) is 2.67. The van der Waals surface area contributed by atoms with Gasteiger partial charge in [0, 0.05) is 24.5 Å². The molecule has 0 saturated carbocycles. The molecule has 30 heavy (non-hydrogen) atoms. The number of likely N-dealkylation sites (N-methyl/N-ethyl adjacent to an activating group) is 1. The van der Waals surface area contributed by atoms with Crippen molar-refractivity contribution in [2.24, 2.45) is 0 Å². The Morgan fingerprint density at radius 3 is 2.47 bits per heavy atom. The molecule has 6 heteroatoms. The molecule has 1 amide bonds. The highest BCUT2D eigenvalue weighted by Gasteiger charge is 2.32. The molecule has 0 bridgehead atoms. The Morgan fingerprint density at radius 2 is 1.87 bits per heavy atom. The van der Waals surface area contributed by atoms with Crippen LogP contribution < -0.4 is 4.74 Å². The van der Waals surface area contributed by atoms with Crippen molar-refractivity contribution in [3.8, 4) is 11.9 Å². The number of carbonyl (C=O) groups is 1. The van der Waals surface area contributed by atoms with Crippen LogP contribution in [0.25, 0.3) is 10.9 Å². The molecule has 0 radical (unpaired) electrons. The average molecular weight is 410 g/mol. The molecule has 6 nitrogen and oxygen atoms in total. The Balaban J connectivity index is 1.97. The van der Waals surface area contributed by atoms with Gasteiger partial charge in [-0.25, -0.2) is 9.78 Å². The first kappa shape index (κ1) is 21.9. The van der Waals surface area contributed by atoms with Gasteiger partial charge in [0.15, 0.2) is 0 Å². The van der Waals surface area contributed by atoms with Gasteiger partial charge >= 0.3 is 6.09 Å². The minimum absolute atomic E-state index is 0.214. The molecular weight excluding hydrogens is 378 g/mol. The lowest BCUT2D eigenvalue weighted by Gasteiger charge is -2.30. The Labute approximate surface area is 178 Å². The first-order valence-corrected chi connectivity index (χ1v) is 10.4. The molecular formula is C24H31N3O3. The van der Waals surface area contributed by atoms with E-state index in [9.17, 15) is 10.1 Å². The van der Waals surface area contributed by atoms with E-state index in [0.717, 1.165) is 42.1 Å². The van der Waals surface area contributed by atoms with E-state index >= 15 is 0 Å². The van der Waals surface area contributed by atoms with Crippen LogP contribution in [0.2, 0.25) is 0 Å². The summed E-state index contributed by atoms with van der Waals surface area (Å²) >= 11 is 0. The SMILES string of the molecule is COc1nc2cc(C(C)(C#N)CN(C)C(=O)OC(C)(C)C)ccc2c2c1CCCC2. The maximum atomic E-state index is 12.4. The molecule has 1 aliphatic rings. The van der Waals surface area contributed by atoms with Gasteiger partial charge in [0.05, 0.1) is 24.1 Å². The first-order chi connectivity index (χ1) is 14.1. The highest BCUT2D eigenvalue weighted by molar-refractivity contribution is 5.85. The molecule has 0 N–H and O–H groups in total. The van der Waals surface area contributed by atoms with Gasteiger partial charge in [-0.15, -0.1) is 0 Å². The van der Waals surface area contributed by atoms with Crippen molar-refractivity contribution in [3.05, 3.63) is 34.9 Å². The van der Waals surface area contributed by atoms with E-state index in [4.69, 9.17) is 14.5 Å². The van der Waals surface area contributed by atoms with Crippen molar-refractivity contribution in [2.45, 2.75) is 64.4 Å². The van der Waals surface area contributed by atoms with Gasteiger partial charge in [-0.2, -0.15) is 5.26 Å². The van der Waals surface area contributed by atoms with E-state index < -0.39 is 17.1 Å². The molecule has 3 rings (SSSR count). The summed E-state index contributed by atoms with van der Waals surface area (Å²) in [5.74, 6) is 0.680. The topological polar surface area (TPSA) is 75.5 Å². The number of amides is 1. The average Bonchev–Trinajstić information content (AvgIpc) is 2.71. The quantitative estimate of drug-likeness (QED) is 0.727. The molecule has 1 aromatic heterocycles. The fourth-order valence-electron chi connectivity index (χ4n) is 4.08. The number of methoxy groups -OCH3 is 1. The molecule has 1 unspecified atom stereocenters. The van der Waals surface area contributed by atoms with E-state index in [1.165, 1.54) is 16.0 Å². The van der Waals surface area contributed by atoms with E-state index in [-0.39, 0.29) is 6.54 Å². The molecule has 1 atom stereocenters. The Kier molecular flexibility index (Phi) is 5.94. The van der Waals surface area contributed by atoms with Gasteiger partial charge in [0.25, 0.3) is 0 Å². The van der Waals surface area contributed by atoms with E-state index in [1.807, 2.05) is 39.8 Å². The second kappa shape index (κ2) is 8.14. The molecule has 1 aliphatic carbocycles. The van der Waals surface area contributed by atoms with Crippen molar-refractivity contribution in [3.63, 3.8) is 0 Å². The summed E-state index contributed by atoms with van der Waals surface area (Å²) in [6, 6.07) is 8.39. The number of nitriles is 1. The summed E-state index contributed by atoms with van der Waals surface area (Å²) < 4.78 is 11.0. The van der Waals surface area contributed by atoms with Crippen molar-refractivity contribution < 1.29 is 14.3 Å². The normalized spacial score (nSPS) is 15.6. The first-order valence-electron chi connectivity index (χ1n) is 10.4. The lowest BCUT2D eigenvalue weighted by molar-refractivity contribution is 0.0277. The number of rotatable bonds is 4. The lowest BCUT2D eigenvalue weighted by Crippen LogP contribution is -2.41.